The number of thiophene rings is 1. The summed E-state index contributed by atoms with van der Waals surface area (Å²) in [7, 11) is 0. The van der Waals surface area contributed by atoms with Gasteiger partial charge in [-0.1, -0.05) is 37.6 Å². The maximum absolute atomic E-state index is 6.20. The summed E-state index contributed by atoms with van der Waals surface area (Å²) in [6.07, 6.45) is 1.73. The number of nitrogens with two attached hydrogens (primary N) is 1. The largest absolute Gasteiger partial charge is 0.483 e. The Balaban J connectivity index is 2.18. The highest BCUT2D eigenvalue weighted by atomic mass is 35.5. The van der Waals surface area contributed by atoms with Crippen molar-refractivity contribution in [2.75, 3.05) is 0 Å². The molecule has 1 aromatic carbocycles. The topological polar surface area (TPSA) is 35.2 Å². The Hall–Kier alpha value is -1.03. The van der Waals surface area contributed by atoms with E-state index in [1.807, 2.05) is 24.3 Å². The first-order valence-corrected chi connectivity index (χ1v) is 8.09. The third kappa shape index (κ3) is 3.75. The second-order valence-electron chi connectivity index (χ2n) is 4.75. The van der Waals surface area contributed by atoms with Crippen molar-refractivity contribution in [1.29, 1.82) is 0 Å². The highest BCUT2D eigenvalue weighted by Crippen LogP contribution is 2.32. The van der Waals surface area contributed by atoms with E-state index in [2.05, 4.69) is 26.0 Å². The monoisotopic (exact) mass is 309 g/mol. The van der Waals surface area contributed by atoms with Crippen LogP contribution in [0.2, 0.25) is 4.34 Å². The Morgan fingerprint density at radius 3 is 2.35 bits per heavy atom. The van der Waals surface area contributed by atoms with Crippen LogP contribution < -0.4 is 10.5 Å². The van der Waals surface area contributed by atoms with Crippen LogP contribution in [-0.4, -0.2) is 6.04 Å². The van der Waals surface area contributed by atoms with E-state index in [1.165, 1.54) is 16.9 Å². The minimum absolute atomic E-state index is 0.0458. The molecule has 1 heterocycles. The number of benzene rings is 1. The molecule has 2 nitrogen and oxygen atoms in total. The number of rotatable bonds is 6. The average Bonchev–Trinajstić information content (AvgIpc) is 2.91. The van der Waals surface area contributed by atoms with E-state index in [0.29, 0.717) is 0 Å². The van der Waals surface area contributed by atoms with E-state index in [4.69, 9.17) is 22.1 Å². The fourth-order valence-corrected chi connectivity index (χ4v) is 3.17. The van der Waals surface area contributed by atoms with Gasteiger partial charge in [0.15, 0.2) is 0 Å². The quantitative estimate of drug-likeness (QED) is 0.830. The molecular formula is C16H20ClNOS. The SMILES string of the molecule is CCc1ccc(OC(c2ccc(Cl)s2)C(N)CC)cc1. The lowest BCUT2D eigenvalue weighted by Gasteiger charge is -2.23. The summed E-state index contributed by atoms with van der Waals surface area (Å²) in [6.45, 7) is 4.20. The number of halogens is 1. The first kappa shape index (κ1) is 15.4. The molecule has 0 amide bonds. The van der Waals surface area contributed by atoms with Crippen LogP contribution in [0.5, 0.6) is 5.75 Å². The van der Waals surface area contributed by atoms with Gasteiger partial charge >= 0.3 is 0 Å². The number of hydrogen-bond donors (Lipinski definition) is 1. The zero-order valence-corrected chi connectivity index (χ0v) is 13.4. The van der Waals surface area contributed by atoms with Gasteiger partial charge in [-0.25, -0.2) is 0 Å². The lowest BCUT2D eigenvalue weighted by atomic mass is 10.1. The Morgan fingerprint density at radius 1 is 1.15 bits per heavy atom. The summed E-state index contributed by atoms with van der Waals surface area (Å²) >= 11 is 7.54. The molecule has 1 aromatic heterocycles. The molecule has 0 spiro atoms. The van der Waals surface area contributed by atoms with Gasteiger partial charge in [0.25, 0.3) is 0 Å². The Bertz CT molecular complexity index is 538. The summed E-state index contributed by atoms with van der Waals surface area (Å²) in [4.78, 5) is 1.07. The molecule has 0 saturated carbocycles. The van der Waals surface area contributed by atoms with Crippen molar-refractivity contribution in [3.05, 3.63) is 51.2 Å². The lowest BCUT2D eigenvalue weighted by Crippen LogP contribution is -2.30. The van der Waals surface area contributed by atoms with E-state index in [1.54, 1.807) is 0 Å². The molecule has 0 fully saturated rings. The van der Waals surface area contributed by atoms with Gasteiger partial charge in [0, 0.05) is 10.9 Å². The molecule has 0 saturated heterocycles. The van der Waals surface area contributed by atoms with Crippen molar-refractivity contribution in [3.8, 4) is 5.75 Å². The van der Waals surface area contributed by atoms with Gasteiger partial charge in [-0.15, -0.1) is 11.3 Å². The smallest absolute Gasteiger partial charge is 0.148 e. The fraction of sp³-hybridized carbons (Fsp3) is 0.375. The molecule has 2 rings (SSSR count). The van der Waals surface area contributed by atoms with Gasteiger partial charge in [-0.05, 0) is 42.7 Å². The van der Waals surface area contributed by atoms with Crippen molar-refractivity contribution in [2.45, 2.75) is 38.8 Å². The number of aryl methyl sites for hydroxylation is 1. The molecular weight excluding hydrogens is 290 g/mol. The molecule has 2 aromatic rings. The average molecular weight is 310 g/mol. The van der Waals surface area contributed by atoms with Crippen molar-refractivity contribution in [3.63, 3.8) is 0 Å². The van der Waals surface area contributed by atoms with Crippen LogP contribution in [0.15, 0.2) is 36.4 Å². The lowest BCUT2D eigenvalue weighted by molar-refractivity contribution is 0.174. The molecule has 2 N–H and O–H groups in total. The van der Waals surface area contributed by atoms with Crippen LogP contribution in [0, 0.1) is 0 Å². The van der Waals surface area contributed by atoms with Gasteiger partial charge in [0.05, 0.1) is 4.34 Å². The molecule has 2 unspecified atom stereocenters. The highest BCUT2D eigenvalue weighted by Gasteiger charge is 2.22. The number of hydrogen-bond acceptors (Lipinski definition) is 3. The predicted octanol–water partition coefficient (Wildman–Crippen LogP) is 4.82. The fourth-order valence-electron chi connectivity index (χ4n) is 2.00. The molecule has 0 bridgehead atoms. The standard InChI is InChI=1S/C16H20ClNOS/c1-3-11-5-7-12(8-6-11)19-16(13(18)4-2)14-9-10-15(17)20-14/h5-10,13,16H,3-4,18H2,1-2H3. The third-order valence-electron chi connectivity index (χ3n) is 3.33. The van der Waals surface area contributed by atoms with Crippen LogP contribution >= 0.6 is 22.9 Å². The molecule has 0 aliphatic heterocycles. The summed E-state index contributed by atoms with van der Waals surface area (Å²) < 4.78 is 6.86. The van der Waals surface area contributed by atoms with Crippen LogP contribution in [-0.2, 0) is 6.42 Å². The minimum Gasteiger partial charge on any atom is -0.483 e. The molecule has 4 heteroatoms. The van der Waals surface area contributed by atoms with E-state index < -0.39 is 0 Å². The van der Waals surface area contributed by atoms with Crippen LogP contribution in [0.4, 0.5) is 0 Å². The second-order valence-corrected chi connectivity index (χ2v) is 6.50. The van der Waals surface area contributed by atoms with Crippen LogP contribution in [0.25, 0.3) is 0 Å². The van der Waals surface area contributed by atoms with Crippen LogP contribution in [0.3, 0.4) is 0 Å². The summed E-state index contributed by atoms with van der Waals surface area (Å²) in [5.41, 5.74) is 7.50. The second kappa shape index (κ2) is 7.11. The first-order chi connectivity index (χ1) is 9.63. The molecule has 20 heavy (non-hydrogen) atoms. The summed E-state index contributed by atoms with van der Waals surface area (Å²) in [5, 5.41) is 0. The van der Waals surface area contributed by atoms with Gasteiger partial charge in [0.1, 0.15) is 11.9 Å². The minimum atomic E-state index is -0.148. The van der Waals surface area contributed by atoms with E-state index in [-0.39, 0.29) is 12.1 Å². The van der Waals surface area contributed by atoms with Crippen molar-refractivity contribution in [2.24, 2.45) is 5.73 Å². The molecule has 0 aliphatic rings. The van der Waals surface area contributed by atoms with Crippen molar-refractivity contribution >= 4 is 22.9 Å². The van der Waals surface area contributed by atoms with Gasteiger partial charge < -0.3 is 10.5 Å². The van der Waals surface area contributed by atoms with Crippen molar-refractivity contribution in [1.82, 2.24) is 0 Å². The highest BCUT2D eigenvalue weighted by molar-refractivity contribution is 7.16. The normalized spacial score (nSPS) is 14.0. The van der Waals surface area contributed by atoms with Gasteiger partial charge in [-0.3, -0.25) is 0 Å². The zero-order valence-electron chi connectivity index (χ0n) is 11.8. The van der Waals surface area contributed by atoms with E-state index in [9.17, 15) is 0 Å². The van der Waals surface area contributed by atoms with Crippen LogP contribution in [0.1, 0.15) is 36.8 Å². The Morgan fingerprint density at radius 2 is 1.85 bits per heavy atom. The summed E-state index contributed by atoms with van der Waals surface area (Å²) in [5.74, 6) is 0.848. The molecule has 108 valence electrons. The zero-order chi connectivity index (χ0) is 14.5. The maximum atomic E-state index is 6.20. The van der Waals surface area contributed by atoms with Crippen molar-refractivity contribution < 1.29 is 4.74 Å². The summed E-state index contributed by atoms with van der Waals surface area (Å²) in [6, 6.07) is 12.0. The molecule has 2 atom stereocenters. The molecule has 0 radical (unpaired) electrons. The van der Waals surface area contributed by atoms with E-state index in [0.717, 1.165) is 27.8 Å². The maximum Gasteiger partial charge on any atom is 0.148 e. The Kier molecular flexibility index (Phi) is 5.46. The molecule has 0 aliphatic carbocycles. The van der Waals surface area contributed by atoms with Gasteiger partial charge in [-0.2, -0.15) is 0 Å². The Labute approximate surface area is 129 Å². The third-order valence-corrected chi connectivity index (χ3v) is 4.62. The first-order valence-electron chi connectivity index (χ1n) is 6.90. The number of ether oxygens (including phenoxy) is 1. The predicted molar refractivity (Wildman–Crippen MR) is 86.8 cm³/mol. The van der Waals surface area contributed by atoms with E-state index >= 15 is 0 Å². The van der Waals surface area contributed by atoms with Gasteiger partial charge in [0.2, 0.25) is 0 Å².